The van der Waals surface area contributed by atoms with E-state index in [0.29, 0.717) is 22.1 Å². The summed E-state index contributed by atoms with van der Waals surface area (Å²) in [5, 5.41) is 2.08. The van der Waals surface area contributed by atoms with Gasteiger partial charge in [0.05, 0.1) is 5.39 Å². The zero-order chi connectivity index (χ0) is 13.0. The maximum atomic E-state index is 12.1. The molecule has 0 unspecified atom stereocenters. The molecule has 0 saturated heterocycles. The Morgan fingerprint density at radius 1 is 0.895 bits per heavy atom. The van der Waals surface area contributed by atoms with E-state index in [1.54, 1.807) is 6.07 Å². The van der Waals surface area contributed by atoms with Crippen LogP contribution in [0, 0.1) is 0 Å². The second kappa shape index (κ2) is 3.71. The summed E-state index contributed by atoms with van der Waals surface area (Å²) < 4.78 is 12.1. The number of rotatable bonds is 0. The van der Waals surface area contributed by atoms with Crippen LogP contribution in [-0.2, 0) is 0 Å². The molecule has 0 aliphatic carbocycles. The van der Waals surface area contributed by atoms with Gasteiger partial charge in [-0.1, -0.05) is 34.1 Å². The van der Waals surface area contributed by atoms with E-state index in [-0.39, 0.29) is 5.63 Å². The largest absolute Gasteiger partial charge is 0.455 e. The van der Waals surface area contributed by atoms with E-state index < -0.39 is 0 Å². The van der Waals surface area contributed by atoms with Crippen molar-refractivity contribution < 1.29 is 8.83 Å². The van der Waals surface area contributed by atoms with E-state index in [4.69, 9.17) is 8.83 Å². The van der Waals surface area contributed by atoms with E-state index in [0.717, 1.165) is 15.2 Å². The van der Waals surface area contributed by atoms with Gasteiger partial charge < -0.3 is 8.83 Å². The van der Waals surface area contributed by atoms with Crippen molar-refractivity contribution in [2.24, 2.45) is 0 Å². The van der Waals surface area contributed by atoms with Gasteiger partial charge in [0.15, 0.2) is 5.58 Å². The van der Waals surface area contributed by atoms with E-state index in [2.05, 4.69) is 15.9 Å². The molecule has 4 heteroatoms. The topological polar surface area (TPSA) is 43.4 Å². The summed E-state index contributed by atoms with van der Waals surface area (Å²) >= 11 is 3.42. The summed E-state index contributed by atoms with van der Waals surface area (Å²) in [6.07, 6.45) is 0. The third kappa shape index (κ3) is 1.47. The smallest absolute Gasteiger partial charge is 0.348 e. The number of halogens is 1. The summed E-state index contributed by atoms with van der Waals surface area (Å²) in [4.78, 5) is 12.1. The maximum Gasteiger partial charge on any atom is 0.348 e. The van der Waals surface area contributed by atoms with Crippen molar-refractivity contribution in [1.29, 1.82) is 0 Å². The van der Waals surface area contributed by atoms with E-state index in [1.165, 1.54) is 0 Å². The van der Waals surface area contributed by atoms with Gasteiger partial charge in [-0.15, -0.1) is 0 Å². The minimum Gasteiger partial charge on any atom is -0.455 e. The second-order valence-electron chi connectivity index (χ2n) is 4.33. The fraction of sp³-hybridized carbons (Fsp3) is 0. The van der Waals surface area contributed by atoms with Crippen molar-refractivity contribution in [3.8, 4) is 0 Å². The Balaban J connectivity index is 2.39. The van der Waals surface area contributed by atoms with E-state index in [1.807, 2.05) is 36.4 Å². The minimum absolute atomic E-state index is 0.366. The first-order valence-corrected chi connectivity index (χ1v) is 6.57. The number of hydrogen-bond donors (Lipinski definition) is 0. The van der Waals surface area contributed by atoms with Gasteiger partial charge in [0, 0.05) is 9.86 Å². The van der Waals surface area contributed by atoms with Gasteiger partial charge in [-0.2, -0.15) is 0 Å². The highest BCUT2D eigenvalue weighted by Gasteiger charge is 2.15. The highest BCUT2D eigenvalue weighted by molar-refractivity contribution is 9.10. The Hall–Kier alpha value is -2.07. The predicted octanol–water partition coefficient (Wildman–Crippen LogP) is 4.45. The Labute approximate surface area is 115 Å². The van der Waals surface area contributed by atoms with Crippen LogP contribution in [0.25, 0.3) is 32.9 Å². The Morgan fingerprint density at radius 3 is 2.58 bits per heavy atom. The van der Waals surface area contributed by atoms with Crippen LogP contribution in [0.2, 0.25) is 0 Å². The van der Waals surface area contributed by atoms with Gasteiger partial charge in [-0.05, 0) is 24.3 Å². The van der Waals surface area contributed by atoms with Crippen LogP contribution in [-0.4, -0.2) is 0 Å². The second-order valence-corrected chi connectivity index (χ2v) is 5.25. The van der Waals surface area contributed by atoms with E-state index >= 15 is 0 Å². The molecule has 92 valence electrons. The molecule has 2 aromatic heterocycles. The lowest BCUT2D eigenvalue weighted by atomic mass is 10.1. The van der Waals surface area contributed by atoms with Crippen LogP contribution < -0.4 is 5.63 Å². The number of hydrogen-bond acceptors (Lipinski definition) is 3. The zero-order valence-electron chi connectivity index (χ0n) is 9.64. The molecular formula is C15H7BrO3. The molecule has 2 aromatic carbocycles. The molecule has 0 radical (unpaired) electrons. The van der Waals surface area contributed by atoms with Crippen molar-refractivity contribution in [3.05, 3.63) is 57.4 Å². The molecule has 2 heterocycles. The summed E-state index contributed by atoms with van der Waals surface area (Å²) in [6, 6.07) is 12.9. The number of benzene rings is 2. The fourth-order valence-electron chi connectivity index (χ4n) is 2.36. The zero-order valence-corrected chi connectivity index (χ0v) is 11.2. The summed E-state index contributed by atoms with van der Waals surface area (Å²) in [5.74, 6) is 0. The Bertz CT molecular complexity index is 995. The average molecular weight is 315 g/mol. The minimum atomic E-state index is -0.366. The van der Waals surface area contributed by atoms with Crippen LogP contribution in [0.3, 0.4) is 0 Å². The van der Waals surface area contributed by atoms with Crippen molar-refractivity contribution in [2.45, 2.75) is 0 Å². The molecule has 0 spiro atoms. The number of fused-ring (bicyclic) bond motifs is 5. The van der Waals surface area contributed by atoms with Crippen molar-refractivity contribution in [3.63, 3.8) is 0 Å². The first-order chi connectivity index (χ1) is 9.24. The molecule has 0 aliphatic heterocycles. The van der Waals surface area contributed by atoms with Crippen LogP contribution >= 0.6 is 15.9 Å². The van der Waals surface area contributed by atoms with Crippen molar-refractivity contribution in [2.75, 3.05) is 0 Å². The van der Waals surface area contributed by atoms with Crippen molar-refractivity contribution in [1.82, 2.24) is 0 Å². The normalized spacial score (nSPS) is 11.6. The fourth-order valence-corrected chi connectivity index (χ4v) is 2.72. The standard InChI is InChI=1S/C15H7BrO3/c16-8-5-6-12-10(7-8)14-13(15(17)19-12)9-3-1-2-4-11(9)18-14/h1-7H. The number of para-hydroxylation sites is 1. The lowest BCUT2D eigenvalue weighted by molar-refractivity contribution is 0.567. The molecule has 3 nitrogen and oxygen atoms in total. The Morgan fingerprint density at radius 2 is 1.68 bits per heavy atom. The SMILES string of the molecule is O=c1oc2ccc(Br)cc2c2oc3ccccc3c12. The molecule has 0 fully saturated rings. The van der Waals surface area contributed by atoms with Gasteiger partial charge >= 0.3 is 5.63 Å². The molecule has 0 amide bonds. The van der Waals surface area contributed by atoms with Crippen LogP contribution in [0.15, 0.2) is 60.6 Å². The van der Waals surface area contributed by atoms with Crippen LogP contribution in [0.1, 0.15) is 0 Å². The summed E-state index contributed by atoms with van der Waals surface area (Å²) in [6.45, 7) is 0. The highest BCUT2D eigenvalue weighted by Crippen LogP contribution is 2.32. The van der Waals surface area contributed by atoms with Gasteiger partial charge in [0.1, 0.15) is 16.6 Å². The lowest BCUT2D eigenvalue weighted by Crippen LogP contribution is -1.97. The van der Waals surface area contributed by atoms with Gasteiger partial charge in [0.25, 0.3) is 0 Å². The monoisotopic (exact) mass is 314 g/mol. The first-order valence-electron chi connectivity index (χ1n) is 5.77. The highest BCUT2D eigenvalue weighted by atomic mass is 79.9. The third-order valence-corrected chi connectivity index (χ3v) is 3.68. The molecule has 0 bridgehead atoms. The Kier molecular flexibility index (Phi) is 2.11. The molecule has 4 rings (SSSR count). The van der Waals surface area contributed by atoms with Gasteiger partial charge in [-0.25, -0.2) is 4.79 Å². The van der Waals surface area contributed by atoms with Crippen LogP contribution in [0.4, 0.5) is 0 Å². The molecule has 0 atom stereocenters. The predicted molar refractivity (Wildman–Crippen MR) is 77.5 cm³/mol. The number of furan rings is 1. The van der Waals surface area contributed by atoms with Gasteiger partial charge in [-0.3, -0.25) is 0 Å². The van der Waals surface area contributed by atoms with Gasteiger partial charge in [0.2, 0.25) is 0 Å². The third-order valence-electron chi connectivity index (χ3n) is 3.19. The molecule has 0 N–H and O–H groups in total. The summed E-state index contributed by atoms with van der Waals surface area (Å²) in [7, 11) is 0. The maximum absolute atomic E-state index is 12.1. The lowest BCUT2D eigenvalue weighted by Gasteiger charge is -1.97. The molecular weight excluding hydrogens is 308 g/mol. The summed E-state index contributed by atoms with van der Waals surface area (Å²) in [5.41, 5.74) is 1.43. The molecule has 4 aromatic rings. The molecule has 19 heavy (non-hydrogen) atoms. The van der Waals surface area contributed by atoms with Crippen molar-refractivity contribution >= 4 is 48.8 Å². The quantitative estimate of drug-likeness (QED) is 0.450. The van der Waals surface area contributed by atoms with Crippen LogP contribution in [0.5, 0.6) is 0 Å². The average Bonchev–Trinajstić information content (AvgIpc) is 2.80. The van der Waals surface area contributed by atoms with E-state index in [9.17, 15) is 4.79 Å². The first kappa shape index (κ1) is 10.8. The molecule has 0 aliphatic rings. The molecule has 0 saturated carbocycles.